The zero-order chi connectivity index (χ0) is 11.4. The van der Waals surface area contributed by atoms with Crippen molar-refractivity contribution >= 4 is 0 Å². The third kappa shape index (κ3) is 3.21. The number of hydrogen-bond donors (Lipinski definition) is 1. The van der Waals surface area contributed by atoms with Gasteiger partial charge in [-0.05, 0) is 50.7 Å². The summed E-state index contributed by atoms with van der Waals surface area (Å²) in [5.74, 6) is 1.88. The summed E-state index contributed by atoms with van der Waals surface area (Å²) in [5, 5.41) is 3.50. The molecule has 0 amide bonds. The largest absolute Gasteiger partial charge is 0.317 e. The van der Waals surface area contributed by atoms with E-state index < -0.39 is 0 Å². The predicted molar refractivity (Wildman–Crippen MR) is 69.6 cm³/mol. The van der Waals surface area contributed by atoms with Crippen molar-refractivity contribution in [2.24, 2.45) is 11.8 Å². The highest BCUT2D eigenvalue weighted by atomic mass is 15.2. The first-order valence-electron chi connectivity index (χ1n) is 7.24. The van der Waals surface area contributed by atoms with Gasteiger partial charge in [-0.2, -0.15) is 0 Å². The molecule has 2 fully saturated rings. The first kappa shape index (κ1) is 12.4. The molecule has 2 heteroatoms. The first-order valence-corrected chi connectivity index (χ1v) is 7.24. The summed E-state index contributed by atoms with van der Waals surface area (Å²) >= 11 is 0. The molecule has 1 saturated carbocycles. The lowest BCUT2D eigenvalue weighted by atomic mass is 9.86. The molecule has 3 unspecified atom stereocenters. The summed E-state index contributed by atoms with van der Waals surface area (Å²) in [4.78, 5) is 2.78. The molecule has 1 aliphatic heterocycles. The van der Waals surface area contributed by atoms with Gasteiger partial charge in [-0.1, -0.05) is 26.7 Å². The lowest BCUT2D eigenvalue weighted by Gasteiger charge is -2.34. The molecule has 0 aromatic carbocycles. The fraction of sp³-hybridized carbons (Fsp3) is 1.00. The molecule has 3 atom stereocenters. The average molecular weight is 224 g/mol. The number of rotatable bonds is 4. The van der Waals surface area contributed by atoms with Crippen molar-refractivity contribution in [3.05, 3.63) is 0 Å². The Labute approximate surface area is 101 Å². The van der Waals surface area contributed by atoms with E-state index in [2.05, 4.69) is 24.1 Å². The highest BCUT2D eigenvalue weighted by Gasteiger charge is 2.30. The maximum absolute atomic E-state index is 3.50. The molecule has 1 N–H and O–H groups in total. The van der Waals surface area contributed by atoms with Crippen LogP contribution in [0.2, 0.25) is 0 Å². The van der Waals surface area contributed by atoms with Crippen LogP contribution < -0.4 is 5.32 Å². The van der Waals surface area contributed by atoms with Gasteiger partial charge in [0.25, 0.3) is 0 Å². The predicted octanol–water partition coefficient (Wildman–Crippen LogP) is 2.50. The molecule has 1 saturated heterocycles. The van der Waals surface area contributed by atoms with Gasteiger partial charge in [0, 0.05) is 12.6 Å². The Morgan fingerprint density at radius 1 is 1.25 bits per heavy atom. The smallest absolute Gasteiger partial charge is 0.00979 e. The summed E-state index contributed by atoms with van der Waals surface area (Å²) in [6.45, 7) is 9.69. The van der Waals surface area contributed by atoms with Gasteiger partial charge in [0.1, 0.15) is 0 Å². The molecule has 16 heavy (non-hydrogen) atoms. The van der Waals surface area contributed by atoms with E-state index in [4.69, 9.17) is 0 Å². The molecule has 0 bridgehead atoms. The quantitative estimate of drug-likeness (QED) is 0.789. The van der Waals surface area contributed by atoms with Crippen LogP contribution in [-0.4, -0.2) is 37.1 Å². The topological polar surface area (TPSA) is 15.3 Å². The maximum atomic E-state index is 3.50. The molecule has 2 aliphatic rings. The van der Waals surface area contributed by atoms with Gasteiger partial charge in [0.2, 0.25) is 0 Å². The number of nitrogens with one attached hydrogen (secondary N) is 1. The van der Waals surface area contributed by atoms with E-state index in [-0.39, 0.29) is 0 Å². The molecular formula is C14H28N2. The summed E-state index contributed by atoms with van der Waals surface area (Å²) in [6, 6.07) is 0.912. The van der Waals surface area contributed by atoms with Crippen LogP contribution in [0.1, 0.15) is 46.0 Å². The molecule has 0 aromatic rings. The van der Waals surface area contributed by atoms with Crippen molar-refractivity contribution < 1.29 is 0 Å². The van der Waals surface area contributed by atoms with E-state index in [1.165, 1.54) is 51.7 Å². The Balaban J connectivity index is 1.74. The van der Waals surface area contributed by atoms with Crippen LogP contribution in [0.15, 0.2) is 0 Å². The second kappa shape index (κ2) is 6.02. The van der Waals surface area contributed by atoms with Crippen molar-refractivity contribution in [1.82, 2.24) is 10.2 Å². The SMILES string of the molecule is CCNCC1CCN(C2CCCC(C)C2)C1. The van der Waals surface area contributed by atoms with E-state index in [1.807, 2.05) is 0 Å². The lowest BCUT2D eigenvalue weighted by Crippen LogP contribution is -2.37. The van der Waals surface area contributed by atoms with Crippen LogP contribution >= 0.6 is 0 Å². The number of nitrogens with zero attached hydrogens (tertiary/aromatic N) is 1. The number of hydrogen-bond acceptors (Lipinski definition) is 2. The minimum Gasteiger partial charge on any atom is -0.317 e. The minimum atomic E-state index is 0.912. The zero-order valence-corrected chi connectivity index (χ0v) is 11.0. The molecule has 2 rings (SSSR count). The number of likely N-dealkylation sites (tertiary alicyclic amines) is 1. The molecule has 0 aromatic heterocycles. The molecule has 2 nitrogen and oxygen atoms in total. The molecule has 1 heterocycles. The Bertz CT molecular complexity index is 205. The van der Waals surface area contributed by atoms with Crippen molar-refractivity contribution in [2.75, 3.05) is 26.2 Å². The average Bonchev–Trinajstić information content (AvgIpc) is 2.75. The van der Waals surface area contributed by atoms with Crippen molar-refractivity contribution in [1.29, 1.82) is 0 Å². The van der Waals surface area contributed by atoms with Crippen LogP contribution in [-0.2, 0) is 0 Å². The second-order valence-electron chi connectivity index (χ2n) is 5.88. The Morgan fingerprint density at radius 2 is 2.12 bits per heavy atom. The highest BCUT2D eigenvalue weighted by molar-refractivity contribution is 4.85. The van der Waals surface area contributed by atoms with Crippen LogP contribution in [0.3, 0.4) is 0 Å². The molecule has 94 valence electrons. The van der Waals surface area contributed by atoms with Gasteiger partial charge >= 0.3 is 0 Å². The summed E-state index contributed by atoms with van der Waals surface area (Å²) in [5.41, 5.74) is 0. The zero-order valence-electron chi connectivity index (χ0n) is 11.0. The van der Waals surface area contributed by atoms with Gasteiger partial charge < -0.3 is 10.2 Å². The Kier molecular flexibility index (Phi) is 4.66. The molecule has 1 aliphatic carbocycles. The fourth-order valence-corrected chi connectivity index (χ4v) is 3.44. The van der Waals surface area contributed by atoms with Crippen molar-refractivity contribution in [3.63, 3.8) is 0 Å². The summed E-state index contributed by atoms with van der Waals surface area (Å²) < 4.78 is 0. The minimum absolute atomic E-state index is 0.912. The molecule has 0 spiro atoms. The lowest BCUT2D eigenvalue weighted by molar-refractivity contribution is 0.158. The van der Waals surface area contributed by atoms with Crippen LogP contribution in [0.25, 0.3) is 0 Å². The second-order valence-corrected chi connectivity index (χ2v) is 5.88. The van der Waals surface area contributed by atoms with Crippen LogP contribution in [0.5, 0.6) is 0 Å². The van der Waals surface area contributed by atoms with Gasteiger partial charge in [-0.3, -0.25) is 0 Å². The van der Waals surface area contributed by atoms with Gasteiger partial charge in [0.15, 0.2) is 0 Å². The third-order valence-corrected chi connectivity index (χ3v) is 4.43. The maximum Gasteiger partial charge on any atom is 0.00979 e. The highest BCUT2D eigenvalue weighted by Crippen LogP contribution is 2.30. The van der Waals surface area contributed by atoms with E-state index in [0.29, 0.717) is 0 Å². The van der Waals surface area contributed by atoms with Crippen LogP contribution in [0.4, 0.5) is 0 Å². The monoisotopic (exact) mass is 224 g/mol. The Morgan fingerprint density at radius 3 is 2.88 bits per heavy atom. The van der Waals surface area contributed by atoms with E-state index >= 15 is 0 Å². The van der Waals surface area contributed by atoms with E-state index in [1.54, 1.807) is 0 Å². The van der Waals surface area contributed by atoms with E-state index in [9.17, 15) is 0 Å². The van der Waals surface area contributed by atoms with E-state index in [0.717, 1.165) is 24.4 Å². The standard InChI is InChI=1S/C14H28N2/c1-3-15-10-13-7-8-16(11-13)14-6-4-5-12(2)9-14/h12-15H,3-11H2,1-2H3. The first-order chi connectivity index (χ1) is 7.79. The van der Waals surface area contributed by atoms with Gasteiger partial charge in [-0.25, -0.2) is 0 Å². The third-order valence-electron chi connectivity index (χ3n) is 4.43. The normalized spacial score (nSPS) is 36.8. The Hall–Kier alpha value is -0.0800. The fourth-order valence-electron chi connectivity index (χ4n) is 3.44. The van der Waals surface area contributed by atoms with Crippen molar-refractivity contribution in [3.8, 4) is 0 Å². The van der Waals surface area contributed by atoms with Crippen molar-refractivity contribution in [2.45, 2.75) is 52.0 Å². The van der Waals surface area contributed by atoms with Gasteiger partial charge in [0.05, 0.1) is 0 Å². The van der Waals surface area contributed by atoms with Gasteiger partial charge in [-0.15, -0.1) is 0 Å². The van der Waals surface area contributed by atoms with Crippen LogP contribution in [0, 0.1) is 11.8 Å². The molecular weight excluding hydrogens is 196 g/mol. The molecule has 0 radical (unpaired) electrons. The summed E-state index contributed by atoms with van der Waals surface area (Å²) in [6.07, 6.45) is 7.25. The summed E-state index contributed by atoms with van der Waals surface area (Å²) in [7, 11) is 0.